The summed E-state index contributed by atoms with van der Waals surface area (Å²) < 4.78 is 12.8. The van der Waals surface area contributed by atoms with Crippen LogP contribution in [0.4, 0.5) is 0 Å². The lowest BCUT2D eigenvalue weighted by Crippen LogP contribution is -2.24. The third kappa shape index (κ3) is 5.37. The van der Waals surface area contributed by atoms with Crippen molar-refractivity contribution in [1.29, 1.82) is 0 Å². The van der Waals surface area contributed by atoms with Gasteiger partial charge in [-0.2, -0.15) is 5.10 Å². The first kappa shape index (κ1) is 26.1. The molecule has 1 atom stereocenters. The molecule has 5 aromatic rings. The number of nitrogens with zero attached hydrogens (tertiary/aromatic N) is 4. The number of benzene rings is 2. The Morgan fingerprint density at radius 3 is 2.51 bits per heavy atom. The SMILES string of the molecule is COc1ccccc1-c1nn(COC(=O)C(C)(C)C)c2ncc(-c3cccc(C(O)c4ccccn4)c3)cc12. The third-order valence-electron chi connectivity index (χ3n) is 6.38. The van der Waals surface area contributed by atoms with E-state index >= 15 is 0 Å². The van der Waals surface area contributed by atoms with Crippen LogP contribution in [-0.2, 0) is 16.3 Å². The van der Waals surface area contributed by atoms with Gasteiger partial charge in [-0.15, -0.1) is 0 Å². The summed E-state index contributed by atoms with van der Waals surface area (Å²) >= 11 is 0. The minimum Gasteiger partial charge on any atom is -0.496 e. The zero-order valence-corrected chi connectivity index (χ0v) is 22.3. The van der Waals surface area contributed by atoms with Crippen molar-refractivity contribution in [2.75, 3.05) is 7.11 Å². The molecule has 0 spiro atoms. The first-order valence-electron chi connectivity index (χ1n) is 12.6. The van der Waals surface area contributed by atoms with Gasteiger partial charge in [0.1, 0.15) is 17.5 Å². The average Bonchev–Trinajstić information content (AvgIpc) is 3.33. The van der Waals surface area contributed by atoms with E-state index in [4.69, 9.17) is 19.6 Å². The second kappa shape index (κ2) is 10.7. The van der Waals surface area contributed by atoms with Crippen LogP contribution in [-0.4, -0.2) is 37.9 Å². The van der Waals surface area contributed by atoms with Crippen LogP contribution in [0.25, 0.3) is 33.4 Å². The Balaban J connectivity index is 1.59. The van der Waals surface area contributed by atoms with Crippen molar-refractivity contribution in [2.24, 2.45) is 5.41 Å². The number of methoxy groups -OCH3 is 1. The highest BCUT2D eigenvalue weighted by molar-refractivity contribution is 5.95. The summed E-state index contributed by atoms with van der Waals surface area (Å²) in [6.07, 6.45) is 2.56. The number of ether oxygens (including phenoxy) is 2. The molecule has 0 saturated heterocycles. The number of fused-ring (bicyclic) bond motifs is 1. The zero-order chi connectivity index (χ0) is 27.6. The van der Waals surface area contributed by atoms with E-state index in [2.05, 4.69) is 4.98 Å². The molecular weight excluding hydrogens is 492 g/mol. The number of esters is 1. The molecule has 0 amide bonds. The Kier molecular flexibility index (Phi) is 7.13. The molecule has 5 rings (SSSR count). The van der Waals surface area contributed by atoms with Gasteiger partial charge in [0.25, 0.3) is 0 Å². The van der Waals surface area contributed by atoms with E-state index in [-0.39, 0.29) is 12.7 Å². The van der Waals surface area contributed by atoms with Crippen molar-refractivity contribution in [1.82, 2.24) is 19.7 Å². The van der Waals surface area contributed by atoms with Gasteiger partial charge in [-0.25, -0.2) is 9.67 Å². The van der Waals surface area contributed by atoms with Crippen LogP contribution in [0.15, 0.2) is 85.2 Å². The molecule has 39 heavy (non-hydrogen) atoms. The first-order valence-corrected chi connectivity index (χ1v) is 12.6. The number of aliphatic hydroxyl groups excluding tert-OH is 1. The predicted molar refractivity (Wildman–Crippen MR) is 149 cm³/mol. The summed E-state index contributed by atoms with van der Waals surface area (Å²) in [6, 6.07) is 22.8. The van der Waals surface area contributed by atoms with Crippen molar-refractivity contribution in [3.8, 4) is 28.1 Å². The highest BCUT2D eigenvalue weighted by Crippen LogP contribution is 2.36. The summed E-state index contributed by atoms with van der Waals surface area (Å²) in [7, 11) is 1.62. The Morgan fingerprint density at radius 1 is 0.974 bits per heavy atom. The predicted octanol–water partition coefficient (Wildman–Crippen LogP) is 5.80. The molecule has 0 saturated carbocycles. The van der Waals surface area contributed by atoms with Crippen LogP contribution in [0, 0.1) is 5.41 Å². The van der Waals surface area contributed by atoms with Gasteiger partial charge in [0.2, 0.25) is 0 Å². The first-order chi connectivity index (χ1) is 18.8. The Labute approximate surface area is 226 Å². The topological polar surface area (TPSA) is 99.4 Å². The van der Waals surface area contributed by atoms with Gasteiger partial charge < -0.3 is 14.6 Å². The fraction of sp³-hybridized carbons (Fsp3) is 0.226. The number of hydrogen-bond donors (Lipinski definition) is 1. The Bertz CT molecular complexity index is 1620. The maximum atomic E-state index is 12.5. The maximum Gasteiger partial charge on any atom is 0.313 e. The molecule has 0 bridgehead atoms. The van der Waals surface area contributed by atoms with E-state index in [0.717, 1.165) is 27.6 Å². The monoisotopic (exact) mass is 522 g/mol. The highest BCUT2D eigenvalue weighted by atomic mass is 16.5. The molecular formula is C31H30N4O4. The maximum absolute atomic E-state index is 12.5. The van der Waals surface area contributed by atoms with E-state index < -0.39 is 11.5 Å². The normalized spacial score (nSPS) is 12.3. The van der Waals surface area contributed by atoms with Crippen LogP contribution in [0.1, 0.15) is 38.1 Å². The number of carbonyl (C=O) groups is 1. The number of para-hydroxylation sites is 1. The van der Waals surface area contributed by atoms with Gasteiger partial charge >= 0.3 is 5.97 Å². The van der Waals surface area contributed by atoms with Crippen LogP contribution >= 0.6 is 0 Å². The zero-order valence-electron chi connectivity index (χ0n) is 22.3. The number of carbonyl (C=O) groups excluding carboxylic acids is 1. The molecule has 0 aliphatic carbocycles. The van der Waals surface area contributed by atoms with E-state index in [0.29, 0.717) is 22.8 Å². The van der Waals surface area contributed by atoms with Gasteiger partial charge in [-0.05, 0) is 68.3 Å². The average molecular weight is 523 g/mol. The van der Waals surface area contributed by atoms with E-state index in [1.807, 2.05) is 66.7 Å². The van der Waals surface area contributed by atoms with Crippen molar-refractivity contribution in [3.05, 3.63) is 96.4 Å². The smallest absolute Gasteiger partial charge is 0.313 e. The quantitative estimate of drug-likeness (QED) is 0.270. The van der Waals surface area contributed by atoms with Gasteiger partial charge in [0, 0.05) is 28.9 Å². The molecule has 1 N–H and O–H groups in total. The van der Waals surface area contributed by atoms with Gasteiger partial charge in [-0.3, -0.25) is 9.78 Å². The molecule has 8 nitrogen and oxygen atoms in total. The number of aromatic nitrogens is 4. The molecule has 198 valence electrons. The number of pyridine rings is 2. The van der Waals surface area contributed by atoms with Crippen LogP contribution in [0.2, 0.25) is 0 Å². The lowest BCUT2D eigenvalue weighted by Gasteiger charge is -2.16. The fourth-order valence-corrected chi connectivity index (χ4v) is 4.28. The molecule has 3 aromatic heterocycles. The largest absolute Gasteiger partial charge is 0.496 e. The molecule has 0 fully saturated rings. The van der Waals surface area contributed by atoms with Gasteiger partial charge in [0.15, 0.2) is 12.4 Å². The Hall–Kier alpha value is -4.56. The lowest BCUT2D eigenvalue weighted by molar-refractivity contribution is -0.157. The van der Waals surface area contributed by atoms with E-state index in [1.54, 1.807) is 51.0 Å². The molecule has 0 aliphatic heterocycles. The van der Waals surface area contributed by atoms with Crippen molar-refractivity contribution in [3.63, 3.8) is 0 Å². The fourth-order valence-electron chi connectivity index (χ4n) is 4.28. The number of rotatable bonds is 7. The lowest BCUT2D eigenvalue weighted by atomic mass is 9.98. The summed E-state index contributed by atoms with van der Waals surface area (Å²) in [5, 5.41) is 16.5. The minimum atomic E-state index is -0.854. The minimum absolute atomic E-state index is 0.0696. The van der Waals surface area contributed by atoms with Crippen LogP contribution in [0.3, 0.4) is 0 Å². The number of aliphatic hydroxyl groups is 1. The molecule has 0 radical (unpaired) electrons. The van der Waals surface area contributed by atoms with Crippen molar-refractivity contribution in [2.45, 2.75) is 33.6 Å². The standard InChI is InChI=1S/C31H30N4O4/c1-31(2,3)30(37)39-19-35-29-24(27(34-35)23-12-5-6-14-26(23)38-4)17-22(18-33-29)20-10-9-11-21(16-20)28(36)25-13-7-8-15-32-25/h5-18,28,36H,19H2,1-4H3. The summed E-state index contributed by atoms with van der Waals surface area (Å²) in [5.41, 5.74) is 4.42. The highest BCUT2D eigenvalue weighted by Gasteiger charge is 2.24. The van der Waals surface area contributed by atoms with E-state index in [9.17, 15) is 9.90 Å². The molecule has 3 heterocycles. The molecule has 2 aromatic carbocycles. The molecule has 8 heteroatoms. The van der Waals surface area contributed by atoms with Crippen molar-refractivity contribution < 1.29 is 19.4 Å². The van der Waals surface area contributed by atoms with E-state index in [1.165, 1.54) is 0 Å². The summed E-state index contributed by atoms with van der Waals surface area (Å²) in [6.45, 7) is 5.35. The summed E-state index contributed by atoms with van der Waals surface area (Å²) in [5.74, 6) is 0.339. The second-order valence-corrected chi connectivity index (χ2v) is 10.2. The van der Waals surface area contributed by atoms with Gasteiger partial charge in [0.05, 0.1) is 18.2 Å². The second-order valence-electron chi connectivity index (χ2n) is 10.2. The Morgan fingerprint density at radius 2 is 1.77 bits per heavy atom. The molecule has 1 unspecified atom stereocenters. The van der Waals surface area contributed by atoms with Gasteiger partial charge in [-0.1, -0.05) is 36.4 Å². The third-order valence-corrected chi connectivity index (χ3v) is 6.38. The van der Waals surface area contributed by atoms with Crippen molar-refractivity contribution >= 4 is 17.0 Å². The van der Waals surface area contributed by atoms with Crippen LogP contribution < -0.4 is 4.74 Å². The number of hydrogen-bond acceptors (Lipinski definition) is 7. The summed E-state index contributed by atoms with van der Waals surface area (Å²) in [4.78, 5) is 21.5. The molecule has 0 aliphatic rings. The van der Waals surface area contributed by atoms with Crippen LogP contribution in [0.5, 0.6) is 5.75 Å².